The highest BCUT2D eigenvalue weighted by molar-refractivity contribution is 7.91. The molecule has 122 valence electrons. The van der Waals surface area contributed by atoms with Crippen molar-refractivity contribution in [2.24, 2.45) is 5.92 Å². The van der Waals surface area contributed by atoms with E-state index in [2.05, 4.69) is 10.1 Å². The van der Waals surface area contributed by atoms with Crippen LogP contribution >= 0.6 is 0 Å². The zero-order valence-corrected chi connectivity index (χ0v) is 13.8. The van der Waals surface area contributed by atoms with Gasteiger partial charge in [-0.05, 0) is 33.1 Å². The Bertz CT molecular complexity index is 682. The Balaban J connectivity index is 1.71. The fraction of sp³-hybridized carbons (Fsp3) is 0.786. The highest BCUT2D eigenvalue weighted by Crippen LogP contribution is 2.26. The SMILES string of the molecule is Cc1nc(C)n([C@H]2CCCN(C(=O)[C@@H]3CCS(=O)(=O)C3)C2)n1. The van der Waals surface area contributed by atoms with Gasteiger partial charge in [-0.2, -0.15) is 5.10 Å². The molecule has 1 amide bonds. The van der Waals surface area contributed by atoms with Crippen molar-refractivity contribution in [2.45, 2.75) is 39.2 Å². The van der Waals surface area contributed by atoms with Crippen LogP contribution in [0.3, 0.4) is 0 Å². The number of hydrogen-bond donors (Lipinski definition) is 0. The van der Waals surface area contributed by atoms with Crippen molar-refractivity contribution in [1.29, 1.82) is 0 Å². The lowest BCUT2D eigenvalue weighted by Crippen LogP contribution is -2.44. The molecule has 3 heterocycles. The predicted octanol–water partition coefficient (Wildman–Crippen LogP) is 0.493. The predicted molar refractivity (Wildman–Crippen MR) is 81.1 cm³/mol. The number of aromatic nitrogens is 3. The molecule has 2 saturated heterocycles. The van der Waals surface area contributed by atoms with Gasteiger partial charge in [0.1, 0.15) is 11.6 Å². The second-order valence-electron chi connectivity index (χ2n) is 6.33. The first kappa shape index (κ1) is 15.5. The lowest BCUT2D eigenvalue weighted by molar-refractivity contribution is -0.136. The molecule has 0 N–H and O–H groups in total. The van der Waals surface area contributed by atoms with Gasteiger partial charge in [0.05, 0.1) is 23.5 Å². The average molecular weight is 326 g/mol. The number of sulfone groups is 1. The number of rotatable bonds is 2. The molecule has 3 rings (SSSR count). The number of carbonyl (C=O) groups is 1. The molecule has 7 nitrogen and oxygen atoms in total. The molecule has 8 heteroatoms. The zero-order valence-electron chi connectivity index (χ0n) is 13.0. The molecule has 2 aliphatic heterocycles. The van der Waals surface area contributed by atoms with Crippen LogP contribution in [0.4, 0.5) is 0 Å². The lowest BCUT2D eigenvalue weighted by Gasteiger charge is -2.34. The first-order valence-corrected chi connectivity index (χ1v) is 9.57. The Hall–Kier alpha value is -1.44. The summed E-state index contributed by atoms with van der Waals surface area (Å²) in [6.07, 6.45) is 2.34. The third-order valence-electron chi connectivity index (χ3n) is 4.54. The molecule has 2 atom stereocenters. The molecule has 0 bridgehead atoms. The van der Waals surface area contributed by atoms with Gasteiger partial charge < -0.3 is 4.90 Å². The van der Waals surface area contributed by atoms with Gasteiger partial charge in [-0.15, -0.1) is 0 Å². The summed E-state index contributed by atoms with van der Waals surface area (Å²) in [7, 11) is -3.02. The molecule has 22 heavy (non-hydrogen) atoms. The summed E-state index contributed by atoms with van der Waals surface area (Å²) >= 11 is 0. The van der Waals surface area contributed by atoms with E-state index in [0.29, 0.717) is 19.5 Å². The molecule has 2 aliphatic rings. The number of likely N-dealkylation sites (tertiary alicyclic amines) is 1. The molecule has 2 fully saturated rings. The van der Waals surface area contributed by atoms with Crippen molar-refractivity contribution in [1.82, 2.24) is 19.7 Å². The third kappa shape index (κ3) is 3.02. The molecule has 1 aromatic heterocycles. The Morgan fingerprint density at radius 3 is 2.64 bits per heavy atom. The number of carbonyl (C=O) groups excluding carboxylic acids is 1. The smallest absolute Gasteiger partial charge is 0.226 e. The van der Waals surface area contributed by atoms with Gasteiger partial charge >= 0.3 is 0 Å². The summed E-state index contributed by atoms with van der Waals surface area (Å²) in [5, 5.41) is 4.42. The van der Waals surface area contributed by atoms with Gasteiger partial charge in [0.2, 0.25) is 5.91 Å². The van der Waals surface area contributed by atoms with Crippen molar-refractivity contribution >= 4 is 15.7 Å². The molecule has 0 radical (unpaired) electrons. The summed E-state index contributed by atoms with van der Waals surface area (Å²) in [5.41, 5.74) is 0. The van der Waals surface area contributed by atoms with E-state index in [4.69, 9.17) is 0 Å². The Morgan fingerprint density at radius 1 is 1.27 bits per heavy atom. The zero-order chi connectivity index (χ0) is 15.9. The molecule has 0 saturated carbocycles. The Kier molecular flexibility index (Phi) is 3.96. The van der Waals surface area contributed by atoms with E-state index in [-0.39, 0.29) is 29.4 Å². The van der Waals surface area contributed by atoms with Crippen LogP contribution in [0.1, 0.15) is 37.0 Å². The molecule has 0 unspecified atom stereocenters. The summed E-state index contributed by atoms with van der Waals surface area (Å²) in [5.74, 6) is 1.38. The van der Waals surface area contributed by atoms with E-state index in [1.165, 1.54) is 0 Å². The van der Waals surface area contributed by atoms with E-state index in [1.807, 2.05) is 23.4 Å². The maximum absolute atomic E-state index is 12.6. The van der Waals surface area contributed by atoms with Crippen LogP contribution in [0.2, 0.25) is 0 Å². The van der Waals surface area contributed by atoms with E-state index in [0.717, 1.165) is 24.5 Å². The molecule has 0 spiro atoms. The number of hydrogen-bond acceptors (Lipinski definition) is 5. The normalized spacial score (nSPS) is 28.0. The summed E-state index contributed by atoms with van der Waals surface area (Å²) in [4.78, 5) is 18.7. The van der Waals surface area contributed by atoms with Crippen LogP contribution in [0, 0.1) is 19.8 Å². The maximum Gasteiger partial charge on any atom is 0.226 e. The lowest BCUT2D eigenvalue weighted by atomic mass is 10.0. The third-order valence-corrected chi connectivity index (χ3v) is 6.31. The second kappa shape index (κ2) is 5.64. The number of aryl methyl sites for hydroxylation is 2. The van der Waals surface area contributed by atoms with E-state index >= 15 is 0 Å². The highest BCUT2D eigenvalue weighted by Gasteiger charge is 2.37. The van der Waals surface area contributed by atoms with Crippen molar-refractivity contribution in [3.63, 3.8) is 0 Å². The van der Waals surface area contributed by atoms with Crippen molar-refractivity contribution < 1.29 is 13.2 Å². The van der Waals surface area contributed by atoms with Crippen molar-refractivity contribution in [3.8, 4) is 0 Å². The summed E-state index contributed by atoms with van der Waals surface area (Å²) < 4.78 is 25.0. The summed E-state index contributed by atoms with van der Waals surface area (Å²) in [6, 6.07) is 0.136. The summed E-state index contributed by atoms with van der Waals surface area (Å²) in [6.45, 7) is 5.08. The first-order chi connectivity index (χ1) is 10.4. The molecule has 1 aromatic rings. The fourth-order valence-corrected chi connectivity index (χ4v) is 5.22. The molecule has 0 aromatic carbocycles. The largest absolute Gasteiger partial charge is 0.340 e. The van der Waals surface area contributed by atoms with Gasteiger partial charge in [0.15, 0.2) is 9.84 Å². The molecular formula is C14H22N4O3S. The maximum atomic E-state index is 12.6. The highest BCUT2D eigenvalue weighted by atomic mass is 32.2. The average Bonchev–Trinajstić information content (AvgIpc) is 3.00. The molecule has 0 aliphatic carbocycles. The van der Waals surface area contributed by atoms with Crippen LogP contribution in [-0.2, 0) is 14.6 Å². The van der Waals surface area contributed by atoms with Gasteiger partial charge in [-0.3, -0.25) is 4.79 Å². The number of piperidine rings is 1. The van der Waals surface area contributed by atoms with E-state index in [9.17, 15) is 13.2 Å². The van der Waals surface area contributed by atoms with Crippen LogP contribution in [-0.4, -0.2) is 58.6 Å². The quantitative estimate of drug-likeness (QED) is 0.790. The van der Waals surface area contributed by atoms with Gasteiger partial charge in [-0.1, -0.05) is 0 Å². The van der Waals surface area contributed by atoms with Gasteiger partial charge in [0, 0.05) is 13.1 Å². The van der Waals surface area contributed by atoms with E-state index < -0.39 is 9.84 Å². The number of nitrogens with zero attached hydrogens (tertiary/aromatic N) is 4. The minimum atomic E-state index is -3.02. The Labute approximate surface area is 130 Å². The van der Waals surface area contributed by atoms with Crippen molar-refractivity contribution in [3.05, 3.63) is 11.6 Å². The first-order valence-electron chi connectivity index (χ1n) is 7.75. The van der Waals surface area contributed by atoms with Crippen LogP contribution in [0.25, 0.3) is 0 Å². The minimum Gasteiger partial charge on any atom is -0.340 e. The topological polar surface area (TPSA) is 85.2 Å². The van der Waals surface area contributed by atoms with E-state index in [1.54, 1.807) is 0 Å². The number of amides is 1. The van der Waals surface area contributed by atoms with Crippen LogP contribution in [0.15, 0.2) is 0 Å². The van der Waals surface area contributed by atoms with Gasteiger partial charge in [-0.25, -0.2) is 18.1 Å². The fourth-order valence-electron chi connectivity index (χ4n) is 3.48. The van der Waals surface area contributed by atoms with Crippen LogP contribution < -0.4 is 0 Å². The van der Waals surface area contributed by atoms with Crippen LogP contribution in [0.5, 0.6) is 0 Å². The monoisotopic (exact) mass is 326 g/mol. The molecular weight excluding hydrogens is 304 g/mol. The minimum absolute atomic E-state index is 0.00839. The Morgan fingerprint density at radius 2 is 2.05 bits per heavy atom. The second-order valence-corrected chi connectivity index (χ2v) is 8.56. The van der Waals surface area contributed by atoms with Gasteiger partial charge in [0.25, 0.3) is 0 Å². The standard InChI is InChI=1S/C14H22N4O3S/c1-10-15-11(2)18(16-10)13-4-3-6-17(8-13)14(19)12-5-7-22(20,21)9-12/h12-13H,3-9H2,1-2H3/t12-,13+/m1/s1. The van der Waals surface area contributed by atoms with Crippen molar-refractivity contribution in [2.75, 3.05) is 24.6 Å².